The molecule has 144 valence electrons. The van der Waals surface area contributed by atoms with E-state index < -0.39 is 0 Å². The molecule has 0 aromatic rings. The summed E-state index contributed by atoms with van der Waals surface area (Å²) in [6.07, 6.45) is 11.4. The molecule has 0 radical (unpaired) electrons. The summed E-state index contributed by atoms with van der Waals surface area (Å²) in [7, 11) is 4.94. The number of rotatable bonds is 5. The van der Waals surface area contributed by atoms with Crippen molar-refractivity contribution in [2.75, 3.05) is 60.0 Å². The van der Waals surface area contributed by atoms with Gasteiger partial charge in [-0.05, 0) is 44.9 Å². The quantitative estimate of drug-likeness (QED) is 0.197. The number of halogens is 2. The highest BCUT2D eigenvalue weighted by Crippen LogP contribution is 2.36. The smallest absolute Gasteiger partial charge is 0.102 e. The standard InChI is InChI=1S/C19H38N2O.2HI/c1-20(11-5-3-6-12-20)15-16-22-17-18-9-8-14-21(2)13-7-4-10-19(18)21;;/h18-19H,3-17H2,1-2H3;2*1H/q+2;;/p-2/t18-,19+,21?;;/m0../s1. The molecule has 0 aliphatic carbocycles. The molecule has 1 unspecified atom stereocenters. The highest BCUT2D eigenvalue weighted by molar-refractivity contribution is 4.78. The van der Waals surface area contributed by atoms with Gasteiger partial charge < -0.3 is 61.7 Å². The molecule has 5 heteroatoms. The van der Waals surface area contributed by atoms with Crippen molar-refractivity contribution in [3.05, 3.63) is 0 Å². The van der Waals surface area contributed by atoms with Crippen molar-refractivity contribution in [1.82, 2.24) is 0 Å². The maximum absolute atomic E-state index is 6.21. The maximum Gasteiger partial charge on any atom is 0.102 e. The van der Waals surface area contributed by atoms with Gasteiger partial charge in [-0.1, -0.05) is 0 Å². The van der Waals surface area contributed by atoms with Gasteiger partial charge in [0.2, 0.25) is 0 Å². The zero-order valence-electron chi connectivity index (χ0n) is 15.8. The number of nitrogens with zero attached hydrogens (tertiary/aromatic N) is 2. The molecule has 0 N–H and O–H groups in total. The molecule has 3 fully saturated rings. The van der Waals surface area contributed by atoms with Crippen LogP contribution < -0.4 is 48.0 Å². The molecule has 0 aromatic carbocycles. The Balaban J connectivity index is 0.00000144. The maximum atomic E-state index is 6.21. The van der Waals surface area contributed by atoms with E-state index in [0.29, 0.717) is 0 Å². The van der Waals surface area contributed by atoms with Gasteiger partial charge >= 0.3 is 0 Å². The van der Waals surface area contributed by atoms with E-state index in [1.54, 1.807) is 0 Å². The first-order chi connectivity index (χ1) is 10.6. The molecule has 3 heterocycles. The van der Waals surface area contributed by atoms with Gasteiger partial charge in [0, 0.05) is 12.3 Å². The Bertz CT molecular complexity index is 359. The minimum atomic E-state index is 0. The van der Waals surface area contributed by atoms with Crippen LogP contribution in [0.2, 0.25) is 0 Å². The predicted molar refractivity (Wildman–Crippen MR) is 91.7 cm³/mol. The Morgan fingerprint density at radius 3 is 2.21 bits per heavy atom. The van der Waals surface area contributed by atoms with Crippen LogP contribution in [0.1, 0.15) is 51.4 Å². The first-order valence-electron chi connectivity index (χ1n) is 9.87. The lowest BCUT2D eigenvalue weighted by Crippen LogP contribution is -3.00. The van der Waals surface area contributed by atoms with Gasteiger partial charge in [-0.2, -0.15) is 0 Å². The van der Waals surface area contributed by atoms with E-state index in [1.807, 2.05) is 0 Å². The van der Waals surface area contributed by atoms with Crippen LogP contribution in [-0.2, 0) is 4.74 Å². The molecule has 3 saturated heterocycles. The second kappa shape index (κ2) is 10.6. The number of hydrogen-bond acceptors (Lipinski definition) is 1. The Hall–Kier alpha value is 1.34. The number of quaternary nitrogens is 2. The van der Waals surface area contributed by atoms with Crippen LogP contribution >= 0.6 is 0 Å². The summed E-state index contributed by atoms with van der Waals surface area (Å²) in [5, 5.41) is 0. The lowest BCUT2D eigenvalue weighted by Gasteiger charge is -2.51. The van der Waals surface area contributed by atoms with Crippen molar-refractivity contribution in [2.24, 2.45) is 5.92 Å². The molecule has 3 rings (SSSR count). The summed E-state index contributed by atoms with van der Waals surface area (Å²) in [6.45, 7) is 8.78. The summed E-state index contributed by atoms with van der Waals surface area (Å²) >= 11 is 0. The third kappa shape index (κ3) is 5.92. The largest absolute Gasteiger partial charge is 1.00 e. The third-order valence-electron chi connectivity index (χ3n) is 7.01. The third-order valence-corrected chi connectivity index (χ3v) is 7.01. The average molecular weight is 564 g/mol. The van der Waals surface area contributed by atoms with Crippen LogP contribution in [0, 0.1) is 5.92 Å². The molecule has 3 nitrogen and oxygen atoms in total. The number of likely N-dealkylation sites (tertiary alicyclic amines) is 1. The van der Waals surface area contributed by atoms with E-state index >= 15 is 0 Å². The molecule has 0 bridgehead atoms. The van der Waals surface area contributed by atoms with Gasteiger partial charge in [0.05, 0.1) is 59.5 Å². The van der Waals surface area contributed by atoms with E-state index in [0.717, 1.165) is 25.2 Å². The molecule has 0 spiro atoms. The topological polar surface area (TPSA) is 9.23 Å². The van der Waals surface area contributed by atoms with Crippen molar-refractivity contribution < 1.29 is 61.7 Å². The van der Waals surface area contributed by atoms with Crippen molar-refractivity contribution in [1.29, 1.82) is 0 Å². The summed E-state index contributed by atoms with van der Waals surface area (Å²) in [5.74, 6) is 0.825. The van der Waals surface area contributed by atoms with E-state index in [2.05, 4.69) is 14.1 Å². The highest BCUT2D eigenvalue weighted by Gasteiger charge is 2.43. The second-order valence-electron chi connectivity index (χ2n) is 8.82. The van der Waals surface area contributed by atoms with Crippen molar-refractivity contribution in [3.8, 4) is 0 Å². The minimum Gasteiger partial charge on any atom is -1.00 e. The van der Waals surface area contributed by atoms with Crippen LogP contribution in [0.15, 0.2) is 0 Å². The number of likely N-dealkylation sites (N-methyl/N-ethyl adjacent to an activating group) is 1. The fourth-order valence-electron chi connectivity index (χ4n) is 5.45. The normalized spacial score (nSPS) is 35.2. The number of ether oxygens (including phenoxy) is 1. The Morgan fingerprint density at radius 2 is 1.46 bits per heavy atom. The fraction of sp³-hybridized carbons (Fsp3) is 1.00. The number of piperidine rings is 3. The summed E-state index contributed by atoms with van der Waals surface area (Å²) in [6, 6.07) is 0.891. The lowest BCUT2D eigenvalue weighted by molar-refractivity contribution is -0.947. The molecule has 24 heavy (non-hydrogen) atoms. The first kappa shape index (κ1) is 23.4. The Kier molecular flexibility index (Phi) is 10.3. The van der Waals surface area contributed by atoms with E-state index in [4.69, 9.17) is 4.74 Å². The Morgan fingerprint density at radius 1 is 0.792 bits per heavy atom. The molecule has 0 aromatic heterocycles. The molecular formula is C19H38I2N2O. The highest BCUT2D eigenvalue weighted by atomic mass is 127. The molecule has 0 amide bonds. The second-order valence-corrected chi connectivity index (χ2v) is 8.82. The van der Waals surface area contributed by atoms with Crippen LogP contribution in [0.3, 0.4) is 0 Å². The zero-order valence-corrected chi connectivity index (χ0v) is 20.1. The monoisotopic (exact) mass is 564 g/mol. The molecule has 3 atom stereocenters. The SMILES string of the molecule is C[N+]1(CCOC[C@@H]2CCC[N+]3(C)CCCC[C@H]23)CCCCC1.[I-].[I-]. The van der Waals surface area contributed by atoms with Gasteiger partial charge in [0.15, 0.2) is 0 Å². The van der Waals surface area contributed by atoms with Crippen molar-refractivity contribution in [3.63, 3.8) is 0 Å². The van der Waals surface area contributed by atoms with Gasteiger partial charge in [0.25, 0.3) is 0 Å². The van der Waals surface area contributed by atoms with E-state index in [1.165, 1.54) is 93.1 Å². The van der Waals surface area contributed by atoms with E-state index in [-0.39, 0.29) is 48.0 Å². The van der Waals surface area contributed by atoms with Gasteiger partial charge in [-0.3, -0.25) is 0 Å². The minimum absolute atomic E-state index is 0. The predicted octanol–water partition coefficient (Wildman–Crippen LogP) is -2.95. The molecule has 3 aliphatic heterocycles. The molecular weight excluding hydrogens is 526 g/mol. The molecule has 3 aliphatic rings. The van der Waals surface area contributed by atoms with Gasteiger partial charge in [-0.15, -0.1) is 0 Å². The molecule has 0 saturated carbocycles. The summed E-state index contributed by atoms with van der Waals surface area (Å²) in [5.41, 5.74) is 0. The van der Waals surface area contributed by atoms with Crippen molar-refractivity contribution in [2.45, 2.75) is 57.4 Å². The first-order valence-corrected chi connectivity index (χ1v) is 9.87. The van der Waals surface area contributed by atoms with E-state index in [9.17, 15) is 0 Å². The number of fused-ring (bicyclic) bond motifs is 1. The zero-order chi connectivity index (χ0) is 15.5. The van der Waals surface area contributed by atoms with Crippen LogP contribution in [0.5, 0.6) is 0 Å². The fourth-order valence-corrected chi connectivity index (χ4v) is 5.45. The van der Waals surface area contributed by atoms with Crippen LogP contribution in [0.25, 0.3) is 0 Å². The van der Waals surface area contributed by atoms with Crippen LogP contribution in [0.4, 0.5) is 0 Å². The lowest BCUT2D eigenvalue weighted by atomic mass is 9.82. The Labute approximate surface area is 184 Å². The summed E-state index contributed by atoms with van der Waals surface area (Å²) < 4.78 is 8.81. The average Bonchev–Trinajstić information content (AvgIpc) is 2.51. The van der Waals surface area contributed by atoms with Crippen molar-refractivity contribution >= 4 is 0 Å². The summed E-state index contributed by atoms with van der Waals surface area (Å²) in [4.78, 5) is 0. The van der Waals surface area contributed by atoms with Crippen LogP contribution in [-0.4, -0.2) is 75.0 Å². The van der Waals surface area contributed by atoms with Gasteiger partial charge in [0.1, 0.15) is 6.54 Å². The van der Waals surface area contributed by atoms with Gasteiger partial charge in [-0.25, -0.2) is 0 Å². The number of hydrogen-bond donors (Lipinski definition) is 0.